The molecule has 0 atom stereocenters. The van der Waals surface area contributed by atoms with Gasteiger partial charge >= 0.3 is 0 Å². The summed E-state index contributed by atoms with van der Waals surface area (Å²) < 4.78 is 5.59. The second kappa shape index (κ2) is 4.17. The number of anilines is 1. The van der Waals surface area contributed by atoms with Gasteiger partial charge in [-0.15, -0.1) is 0 Å². The maximum Gasteiger partial charge on any atom is 0.272 e. The summed E-state index contributed by atoms with van der Waals surface area (Å²) in [7, 11) is 0. The van der Waals surface area contributed by atoms with Gasteiger partial charge in [-0.2, -0.15) is 0 Å². The molecule has 0 amide bonds. The summed E-state index contributed by atoms with van der Waals surface area (Å²) in [5, 5.41) is 14.3. The number of nitrogens with zero attached hydrogens (tertiary/aromatic N) is 2. The van der Waals surface area contributed by atoms with E-state index in [1.54, 1.807) is 19.1 Å². The van der Waals surface area contributed by atoms with Gasteiger partial charge in [0.05, 0.1) is 4.92 Å². The molecule has 0 aliphatic carbocycles. The van der Waals surface area contributed by atoms with E-state index in [1.807, 2.05) is 0 Å². The predicted molar refractivity (Wildman–Crippen MR) is 65.4 cm³/mol. The summed E-state index contributed by atoms with van der Waals surface area (Å²) in [5.41, 5.74) is 6.84. The molecule has 0 unspecified atom stereocenters. The van der Waals surface area contributed by atoms with Gasteiger partial charge in [-0.3, -0.25) is 10.1 Å². The standard InChI is InChI=1S/C10H8BrN3O3/c1-5-4-6(2-3-7(5)14(15)16)9-8(11)10(12)13-17-9/h2-4H,1H3,(H2,12,13). The van der Waals surface area contributed by atoms with Crippen molar-refractivity contribution in [3.05, 3.63) is 38.3 Å². The fourth-order valence-corrected chi connectivity index (χ4v) is 1.85. The van der Waals surface area contributed by atoms with Crippen molar-refractivity contribution in [2.45, 2.75) is 6.92 Å². The van der Waals surface area contributed by atoms with Crippen molar-refractivity contribution in [1.82, 2.24) is 5.16 Å². The molecule has 1 aromatic carbocycles. The van der Waals surface area contributed by atoms with Crippen molar-refractivity contribution < 1.29 is 9.45 Å². The zero-order valence-corrected chi connectivity index (χ0v) is 10.4. The Bertz CT molecular complexity index is 594. The molecule has 1 aromatic heterocycles. The Hall–Kier alpha value is -1.89. The molecule has 0 aliphatic rings. The van der Waals surface area contributed by atoms with Crippen LogP contribution in [0.15, 0.2) is 27.2 Å². The Balaban J connectivity index is 2.52. The first-order valence-electron chi connectivity index (χ1n) is 4.66. The lowest BCUT2D eigenvalue weighted by molar-refractivity contribution is -0.385. The highest BCUT2D eigenvalue weighted by Gasteiger charge is 2.16. The third-order valence-corrected chi connectivity index (χ3v) is 3.08. The molecular formula is C10H8BrN3O3. The van der Waals surface area contributed by atoms with Crippen LogP contribution >= 0.6 is 15.9 Å². The third-order valence-electron chi connectivity index (χ3n) is 2.32. The highest BCUT2D eigenvalue weighted by molar-refractivity contribution is 9.10. The van der Waals surface area contributed by atoms with Crippen LogP contribution in [-0.2, 0) is 0 Å². The number of hydrogen-bond acceptors (Lipinski definition) is 5. The van der Waals surface area contributed by atoms with E-state index in [2.05, 4.69) is 21.1 Å². The molecule has 6 nitrogen and oxygen atoms in total. The predicted octanol–water partition coefficient (Wildman–Crippen LogP) is 2.90. The Morgan fingerprint density at radius 3 is 2.71 bits per heavy atom. The monoisotopic (exact) mass is 297 g/mol. The number of aromatic nitrogens is 1. The van der Waals surface area contributed by atoms with Gasteiger partial charge in [0.2, 0.25) is 0 Å². The summed E-state index contributed by atoms with van der Waals surface area (Å²) in [5.74, 6) is 0.705. The molecule has 0 aliphatic heterocycles. The lowest BCUT2D eigenvalue weighted by Gasteiger charge is -2.00. The Kier molecular flexibility index (Phi) is 2.84. The lowest BCUT2D eigenvalue weighted by atomic mass is 10.1. The van der Waals surface area contributed by atoms with Crippen molar-refractivity contribution >= 4 is 27.4 Å². The molecule has 7 heteroatoms. The Morgan fingerprint density at radius 2 is 2.24 bits per heavy atom. The fourth-order valence-electron chi connectivity index (χ4n) is 1.47. The van der Waals surface area contributed by atoms with Gasteiger partial charge in [-0.1, -0.05) is 5.16 Å². The third kappa shape index (κ3) is 2.01. The number of aryl methyl sites for hydroxylation is 1. The van der Waals surface area contributed by atoms with Crippen molar-refractivity contribution in [3.63, 3.8) is 0 Å². The number of hydrogen-bond donors (Lipinski definition) is 1. The van der Waals surface area contributed by atoms with E-state index in [0.717, 1.165) is 0 Å². The highest BCUT2D eigenvalue weighted by Crippen LogP contribution is 2.34. The van der Waals surface area contributed by atoms with Crippen LogP contribution in [0, 0.1) is 17.0 Å². The summed E-state index contributed by atoms with van der Waals surface area (Å²) in [4.78, 5) is 10.3. The SMILES string of the molecule is Cc1cc(-c2onc(N)c2Br)ccc1[N+](=O)[O-]. The van der Waals surface area contributed by atoms with Crippen LogP contribution in [0.2, 0.25) is 0 Å². The number of nitro groups is 1. The maximum absolute atomic E-state index is 10.7. The van der Waals surface area contributed by atoms with Crippen LogP contribution in [0.25, 0.3) is 11.3 Å². The van der Waals surface area contributed by atoms with Gasteiger partial charge < -0.3 is 10.3 Å². The van der Waals surface area contributed by atoms with Crippen molar-refractivity contribution in [1.29, 1.82) is 0 Å². The van der Waals surface area contributed by atoms with E-state index in [4.69, 9.17) is 10.3 Å². The molecule has 1 heterocycles. The van der Waals surface area contributed by atoms with Gasteiger partial charge in [0, 0.05) is 17.2 Å². The summed E-state index contributed by atoms with van der Waals surface area (Å²) >= 11 is 3.24. The van der Waals surface area contributed by atoms with Gasteiger partial charge in [0.15, 0.2) is 11.6 Å². The van der Waals surface area contributed by atoms with Gasteiger partial charge in [0.25, 0.3) is 5.69 Å². The van der Waals surface area contributed by atoms with E-state index in [9.17, 15) is 10.1 Å². The number of nitro benzene ring substituents is 1. The van der Waals surface area contributed by atoms with Crippen LogP contribution in [0.1, 0.15) is 5.56 Å². The Labute approximate surface area is 105 Å². The minimum atomic E-state index is -0.428. The molecule has 0 radical (unpaired) electrons. The lowest BCUT2D eigenvalue weighted by Crippen LogP contribution is -1.91. The van der Waals surface area contributed by atoms with E-state index in [-0.39, 0.29) is 11.5 Å². The van der Waals surface area contributed by atoms with Crippen LogP contribution in [-0.4, -0.2) is 10.1 Å². The Morgan fingerprint density at radius 1 is 1.53 bits per heavy atom. The van der Waals surface area contributed by atoms with Gasteiger partial charge in [-0.25, -0.2) is 0 Å². The first-order valence-corrected chi connectivity index (χ1v) is 5.46. The van der Waals surface area contributed by atoms with Crippen molar-refractivity contribution in [2.75, 3.05) is 5.73 Å². The second-order valence-electron chi connectivity index (χ2n) is 3.47. The molecule has 0 bridgehead atoms. The van der Waals surface area contributed by atoms with Crippen molar-refractivity contribution in [2.24, 2.45) is 0 Å². The fraction of sp³-hybridized carbons (Fsp3) is 0.100. The number of benzene rings is 1. The summed E-state index contributed by atoms with van der Waals surface area (Å²) in [6, 6.07) is 4.68. The largest absolute Gasteiger partial charge is 0.380 e. The van der Waals surface area contributed by atoms with E-state index in [0.29, 0.717) is 21.4 Å². The highest BCUT2D eigenvalue weighted by atomic mass is 79.9. The summed E-state index contributed by atoms with van der Waals surface area (Å²) in [6.45, 7) is 1.66. The number of halogens is 1. The average Bonchev–Trinajstić information content (AvgIpc) is 2.59. The van der Waals surface area contributed by atoms with Gasteiger partial charge in [0.1, 0.15) is 4.47 Å². The number of rotatable bonds is 2. The molecular weight excluding hydrogens is 290 g/mol. The second-order valence-corrected chi connectivity index (χ2v) is 4.26. The summed E-state index contributed by atoms with van der Waals surface area (Å²) in [6.07, 6.45) is 0. The molecule has 17 heavy (non-hydrogen) atoms. The van der Waals surface area contributed by atoms with Crippen LogP contribution < -0.4 is 5.73 Å². The van der Waals surface area contributed by atoms with Crippen LogP contribution in [0.5, 0.6) is 0 Å². The minimum absolute atomic E-state index is 0.0670. The molecule has 2 aromatic rings. The maximum atomic E-state index is 10.7. The first-order chi connectivity index (χ1) is 8.00. The number of nitrogen functional groups attached to an aromatic ring is 1. The molecule has 0 fully saturated rings. The quantitative estimate of drug-likeness (QED) is 0.679. The number of nitrogens with two attached hydrogens (primary N) is 1. The first kappa shape index (κ1) is 11.6. The zero-order valence-electron chi connectivity index (χ0n) is 8.81. The van der Waals surface area contributed by atoms with Gasteiger partial charge in [-0.05, 0) is 35.0 Å². The normalized spacial score (nSPS) is 10.5. The molecule has 88 valence electrons. The molecule has 2 rings (SSSR count). The minimum Gasteiger partial charge on any atom is -0.380 e. The smallest absolute Gasteiger partial charge is 0.272 e. The topological polar surface area (TPSA) is 95.2 Å². The average molecular weight is 298 g/mol. The van der Waals surface area contributed by atoms with Crippen LogP contribution in [0.4, 0.5) is 11.5 Å². The molecule has 0 saturated carbocycles. The zero-order chi connectivity index (χ0) is 12.6. The van der Waals surface area contributed by atoms with E-state index >= 15 is 0 Å². The molecule has 0 saturated heterocycles. The van der Waals surface area contributed by atoms with Crippen LogP contribution in [0.3, 0.4) is 0 Å². The van der Waals surface area contributed by atoms with E-state index in [1.165, 1.54) is 6.07 Å². The van der Waals surface area contributed by atoms with Crippen molar-refractivity contribution in [3.8, 4) is 11.3 Å². The molecule has 2 N–H and O–H groups in total. The molecule has 0 spiro atoms. The van der Waals surface area contributed by atoms with E-state index < -0.39 is 4.92 Å².